The van der Waals surface area contributed by atoms with Gasteiger partial charge in [-0.1, -0.05) is 24.3 Å². The van der Waals surface area contributed by atoms with Gasteiger partial charge in [-0.25, -0.2) is 4.99 Å². The van der Waals surface area contributed by atoms with Crippen molar-refractivity contribution in [3.05, 3.63) is 59.7 Å². The number of aliphatic imine (C=N–C) groups is 1. The summed E-state index contributed by atoms with van der Waals surface area (Å²) >= 11 is 0. The minimum atomic E-state index is -0.148. The second-order valence-corrected chi connectivity index (χ2v) is 6.83. The number of nitrogens with one attached hydrogen (secondary N) is 1. The molecule has 28 heavy (non-hydrogen) atoms. The molecule has 0 radical (unpaired) electrons. The van der Waals surface area contributed by atoms with Crippen molar-refractivity contribution in [1.82, 2.24) is 4.90 Å². The molecule has 0 bridgehead atoms. The maximum absolute atomic E-state index is 9.67. The molecule has 0 unspecified atom stereocenters. The number of halogens is 1. The number of guanidine groups is 1. The van der Waals surface area contributed by atoms with Gasteiger partial charge in [-0.3, -0.25) is 4.90 Å². The van der Waals surface area contributed by atoms with Crippen LogP contribution in [0.4, 0.5) is 5.69 Å². The van der Waals surface area contributed by atoms with Crippen LogP contribution in [0.15, 0.2) is 53.5 Å². The highest BCUT2D eigenvalue weighted by Gasteiger charge is 2.17. The number of aliphatic hydroxyl groups excluding tert-OH is 1. The van der Waals surface area contributed by atoms with E-state index in [1.54, 1.807) is 7.11 Å². The molecule has 0 amide bonds. The SMILES string of the molecule is COc1ccc(NC(N)=NCc2ccccc2CN2CCC(O)CC2)cc1.I. The number of aliphatic hydroxyl groups is 1. The van der Waals surface area contributed by atoms with Crippen LogP contribution >= 0.6 is 24.0 Å². The highest BCUT2D eigenvalue weighted by atomic mass is 127. The second kappa shape index (κ2) is 11.2. The molecule has 0 saturated carbocycles. The number of ether oxygens (including phenoxy) is 1. The van der Waals surface area contributed by atoms with Gasteiger partial charge >= 0.3 is 0 Å². The first kappa shape index (κ1) is 22.4. The van der Waals surface area contributed by atoms with Gasteiger partial charge in [0.05, 0.1) is 19.8 Å². The van der Waals surface area contributed by atoms with Crippen LogP contribution in [0.1, 0.15) is 24.0 Å². The zero-order valence-corrected chi connectivity index (χ0v) is 18.5. The average molecular weight is 496 g/mol. The van der Waals surface area contributed by atoms with E-state index in [1.165, 1.54) is 11.1 Å². The summed E-state index contributed by atoms with van der Waals surface area (Å²) in [4.78, 5) is 6.87. The van der Waals surface area contributed by atoms with Crippen molar-refractivity contribution in [3.63, 3.8) is 0 Å². The molecule has 3 rings (SSSR count). The lowest BCUT2D eigenvalue weighted by Gasteiger charge is -2.30. The maximum atomic E-state index is 9.67. The van der Waals surface area contributed by atoms with Crippen LogP contribution in [0.3, 0.4) is 0 Å². The molecule has 1 heterocycles. The molecule has 0 atom stereocenters. The van der Waals surface area contributed by atoms with Gasteiger partial charge in [0.15, 0.2) is 5.96 Å². The van der Waals surface area contributed by atoms with Gasteiger partial charge in [0.1, 0.15) is 5.75 Å². The number of hydrogen-bond acceptors (Lipinski definition) is 4. The fourth-order valence-electron chi connectivity index (χ4n) is 3.22. The molecular formula is C21H29IN4O2. The van der Waals surface area contributed by atoms with E-state index in [9.17, 15) is 5.11 Å². The minimum absolute atomic E-state index is 0. The second-order valence-electron chi connectivity index (χ2n) is 6.83. The molecule has 2 aromatic rings. The molecule has 1 aliphatic rings. The monoisotopic (exact) mass is 496 g/mol. The fourth-order valence-corrected chi connectivity index (χ4v) is 3.22. The lowest BCUT2D eigenvalue weighted by atomic mass is 10.0. The first-order valence-corrected chi connectivity index (χ1v) is 9.32. The molecule has 1 aliphatic heterocycles. The predicted octanol–water partition coefficient (Wildman–Crippen LogP) is 3.20. The van der Waals surface area contributed by atoms with Crippen molar-refractivity contribution in [3.8, 4) is 5.75 Å². The third kappa shape index (κ3) is 6.65. The van der Waals surface area contributed by atoms with Crippen molar-refractivity contribution in [2.75, 3.05) is 25.5 Å². The van der Waals surface area contributed by atoms with Crippen LogP contribution in [-0.4, -0.2) is 42.3 Å². The Morgan fingerprint density at radius 2 is 1.79 bits per heavy atom. The summed E-state index contributed by atoms with van der Waals surface area (Å²) in [5.74, 6) is 1.19. The van der Waals surface area contributed by atoms with E-state index in [4.69, 9.17) is 10.5 Å². The highest BCUT2D eigenvalue weighted by Crippen LogP contribution is 2.18. The van der Waals surface area contributed by atoms with E-state index < -0.39 is 0 Å². The number of likely N-dealkylation sites (tertiary alicyclic amines) is 1. The molecule has 2 aromatic carbocycles. The van der Waals surface area contributed by atoms with Crippen LogP contribution in [-0.2, 0) is 13.1 Å². The van der Waals surface area contributed by atoms with Crippen LogP contribution in [0.25, 0.3) is 0 Å². The van der Waals surface area contributed by atoms with Crippen molar-refractivity contribution in [2.24, 2.45) is 10.7 Å². The van der Waals surface area contributed by atoms with Crippen molar-refractivity contribution in [2.45, 2.75) is 32.0 Å². The van der Waals surface area contributed by atoms with Gasteiger partial charge in [0.2, 0.25) is 0 Å². The zero-order chi connectivity index (χ0) is 19.1. The zero-order valence-electron chi connectivity index (χ0n) is 16.2. The summed E-state index contributed by atoms with van der Waals surface area (Å²) in [7, 11) is 1.64. The molecule has 6 nitrogen and oxygen atoms in total. The molecule has 0 spiro atoms. The average Bonchev–Trinajstić information content (AvgIpc) is 2.69. The normalized spacial score (nSPS) is 15.7. The largest absolute Gasteiger partial charge is 0.497 e. The minimum Gasteiger partial charge on any atom is -0.497 e. The highest BCUT2D eigenvalue weighted by molar-refractivity contribution is 14.0. The van der Waals surface area contributed by atoms with Crippen LogP contribution < -0.4 is 15.8 Å². The lowest BCUT2D eigenvalue weighted by Crippen LogP contribution is -2.35. The van der Waals surface area contributed by atoms with Crippen LogP contribution in [0.5, 0.6) is 5.75 Å². The Morgan fingerprint density at radius 3 is 2.43 bits per heavy atom. The molecule has 152 valence electrons. The third-order valence-corrected chi connectivity index (χ3v) is 4.85. The smallest absolute Gasteiger partial charge is 0.193 e. The van der Waals surface area contributed by atoms with E-state index in [-0.39, 0.29) is 30.1 Å². The predicted molar refractivity (Wildman–Crippen MR) is 124 cm³/mol. The number of piperidine rings is 1. The number of hydrogen-bond donors (Lipinski definition) is 3. The summed E-state index contributed by atoms with van der Waals surface area (Å²) in [6.07, 6.45) is 1.54. The Labute approximate surface area is 183 Å². The van der Waals surface area contributed by atoms with Crippen molar-refractivity contribution >= 4 is 35.6 Å². The molecule has 1 saturated heterocycles. The molecule has 7 heteroatoms. The summed E-state index contributed by atoms with van der Waals surface area (Å²) in [5.41, 5.74) is 9.34. The first-order chi connectivity index (χ1) is 13.1. The number of methoxy groups -OCH3 is 1. The van der Waals surface area contributed by atoms with Gasteiger partial charge in [-0.05, 0) is 48.2 Å². The Morgan fingerprint density at radius 1 is 1.14 bits per heavy atom. The summed E-state index contributed by atoms with van der Waals surface area (Å²) in [5, 5.41) is 12.8. The number of nitrogens with zero attached hydrogens (tertiary/aromatic N) is 2. The molecule has 4 N–H and O–H groups in total. The quantitative estimate of drug-likeness (QED) is 0.325. The molecule has 1 fully saturated rings. The number of nitrogens with two attached hydrogens (primary N) is 1. The van der Waals surface area contributed by atoms with E-state index in [1.807, 2.05) is 30.3 Å². The molecular weight excluding hydrogens is 467 g/mol. The Kier molecular flexibility index (Phi) is 9.01. The lowest BCUT2D eigenvalue weighted by molar-refractivity contribution is 0.0791. The Hall–Kier alpha value is -1.84. The fraction of sp³-hybridized carbons (Fsp3) is 0.381. The van der Waals surface area contributed by atoms with Gasteiger partial charge in [-0.15, -0.1) is 24.0 Å². The van der Waals surface area contributed by atoms with E-state index in [0.29, 0.717) is 12.5 Å². The summed E-state index contributed by atoms with van der Waals surface area (Å²) < 4.78 is 5.15. The topological polar surface area (TPSA) is 83.1 Å². The van der Waals surface area contributed by atoms with Crippen LogP contribution in [0.2, 0.25) is 0 Å². The number of rotatable bonds is 6. The van der Waals surface area contributed by atoms with E-state index in [0.717, 1.165) is 43.9 Å². The van der Waals surface area contributed by atoms with E-state index in [2.05, 4.69) is 33.4 Å². The summed E-state index contributed by atoms with van der Waals surface area (Å²) in [6.45, 7) is 3.27. The third-order valence-electron chi connectivity index (χ3n) is 4.85. The van der Waals surface area contributed by atoms with Gasteiger partial charge in [-0.2, -0.15) is 0 Å². The van der Waals surface area contributed by atoms with Gasteiger partial charge in [0, 0.05) is 25.3 Å². The van der Waals surface area contributed by atoms with Gasteiger partial charge < -0.3 is 20.9 Å². The summed E-state index contributed by atoms with van der Waals surface area (Å²) in [6, 6.07) is 15.9. The van der Waals surface area contributed by atoms with Crippen molar-refractivity contribution in [1.29, 1.82) is 0 Å². The maximum Gasteiger partial charge on any atom is 0.193 e. The van der Waals surface area contributed by atoms with Gasteiger partial charge in [0.25, 0.3) is 0 Å². The van der Waals surface area contributed by atoms with Crippen LogP contribution in [0, 0.1) is 0 Å². The molecule has 0 aliphatic carbocycles. The number of benzene rings is 2. The molecule has 0 aromatic heterocycles. The standard InChI is InChI=1S/C21H28N4O2.HI/c1-27-20-8-6-18(7-9-20)24-21(22)23-14-16-4-2-3-5-17(16)15-25-12-10-19(26)11-13-25;/h2-9,19,26H,10-15H2,1H3,(H3,22,23,24);1H. The Bertz CT molecular complexity index is 759. The first-order valence-electron chi connectivity index (χ1n) is 9.32. The number of anilines is 1. The van der Waals surface area contributed by atoms with E-state index >= 15 is 0 Å². The van der Waals surface area contributed by atoms with Crippen molar-refractivity contribution < 1.29 is 9.84 Å². The Balaban J connectivity index is 0.00000280.